The van der Waals surface area contributed by atoms with Gasteiger partial charge in [-0.05, 0) is 43.5 Å². The Kier molecular flexibility index (Phi) is 9.67. The zero-order chi connectivity index (χ0) is 27.2. The number of carbonyl (C=O) groups excluding carboxylic acids is 2. The maximum Gasteiger partial charge on any atom is 0.244 e. The molecule has 2 aromatic carbocycles. The van der Waals surface area contributed by atoms with E-state index in [1.54, 1.807) is 36.4 Å². The molecule has 37 heavy (non-hydrogen) atoms. The SMILES string of the molecule is CC[C@@H](C)NC(=O)[C@H](CC)N(Cc1ccccc1Cl)C(=O)CN(c1ccc2c(c1)OCCO2)S(C)(=O)=O. The highest BCUT2D eigenvalue weighted by Gasteiger charge is 2.32. The van der Waals surface area contributed by atoms with Crippen molar-refractivity contribution in [3.63, 3.8) is 0 Å². The minimum atomic E-state index is -3.87. The Morgan fingerprint density at radius 3 is 2.35 bits per heavy atom. The first kappa shape index (κ1) is 28.6. The van der Waals surface area contributed by atoms with Crippen LogP contribution in [0.1, 0.15) is 39.2 Å². The Morgan fingerprint density at radius 1 is 1.05 bits per heavy atom. The normalized spacial score (nSPS) is 14.4. The van der Waals surface area contributed by atoms with E-state index in [1.165, 1.54) is 11.0 Å². The monoisotopic (exact) mass is 551 g/mol. The van der Waals surface area contributed by atoms with Gasteiger partial charge in [0, 0.05) is 23.7 Å². The van der Waals surface area contributed by atoms with Crippen LogP contribution in [0.5, 0.6) is 11.5 Å². The Balaban J connectivity index is 1.96. The number of nitrogens with one attached hydrogen (secondary N) is 1. The zero-order valence-electron chi connectivity index (χ0n) is 21.6. The first-order valence-electron chi connectivity index (χ1n) is 12.3. The number of halogens is 1. The molecule has 3 rings (SSSR count). The summed E-state index contributed by atoms with van der Waals surface area (Å²) >= 11 is 6.38. The van der Waals surface area contributed by atoms with E-state index in [4.69, 9.17) is 21.1 Å². The molecule has 1 aliphatic rings. The van der Waals surface area contributed by atoms with Crippen LogP contribution in [-0.2, 0) is 26.2 Å². The number of benzene rings is 2. The van der Waals surface area contributed by atoms with Gasteiger partial charge in [0.15, 0.2) is 11.5 Å². The van der Waals surface area contributed by atoms with Gasteiger partial charge in [-0.25, -0.2) is 8.42 Å². The number of fused-ring (bicyclic) bond motifs is 1. The minimum Gasteiger partial charge on any atom is -0.486 e. The molecule has 0 saturated carbocycles. The summed E-state index contributed by atoms with van der Waals surface area (Å²) in [6.45, 7) is 5.93. The topological polar surface area (TPSA) is 105 Å². The van der Waals surface area contributed by atoms with Gasteiger partial charge in [0.2, 0.25) is 21.8 Å². The number of ether oxygens (including phenoxy) is 2. The summed E-state index contributed by atoms with van der Waals surface area (Å²) in [5.41, 5.74) is 0.910. The van der Waals surface area contributed by atoms with Crippen LogP contribution in [0.2, 0.25) is 5.02 Å². The molecule has 0 aliphatic carbocycles. The predicted octanol–water partition coefficient (Wildman–Crippen LogP) is 3.60. The molecule has 0 saturated heterocycles. The van der Waals surface area contributed by atoms with Gasteiger partial charge >= 0.3 is 0 Å². The average Bonchev–Trinajstić information content (AvgIpc) is 2.87. The summed E-state index contributed by atoms with van der Waals surface area (Å²) in [6.07, 6.45) is 2.09. The van der Waals surface area contributed by atoms with Gasteiger partial charge in [0.25, 0.3) is 0 Å². The second-order valence-electron chi connectivity index (χ2n) is 8.95. The van der Waals surface area contributed by atoms with Gasteiger partial charge in [-0.1, -0.05) is 43.6 Å². The highest BCUT2D eigenvalue weighted by Crippen LogP contribution is 2.35. The lowest BCUT2D eigenvalue weighted by molar-refractivity contribution is -0.140. The van der Waals surface area contributed by atoms with Crippen LogP contribution in [0.25, 0.3) is 0 Å². The fourth-order valence-corrected chi connectivity index (χ4v) is 5.01. The number of amides is 2. The molecular formula is C26H34ClN3O6S. The number of sulfonamides is 1. The Morgan fingerprint density at radius 2 is 1.73 bits per heavy atom. The molecule has 0 aromatic heterocycles. The van der Waals surface area contributed by atoms with E-state index < -0.39 is 28.5 Å². The molecule has 0 spiro atoms. The van der Waals surface area contributed by atoms with Crippen LogP contribution in [0, 0.1) is 0 Å². The second-order valence-corrected chi connectivity index (χ2v) is 11.3. The van der Waals surface area contributed by atoms with Crippen LogP contribution in [-0.4, -0.2) is 63.2 Å². The van der Waals surface area contributed by atoms with Crippen molar-refractivity contribution < 1.29 is 27.5 Å². The Hall–Kier alpha value is -2.98. The van der Waals surface area contributed by atoms with E-state index in [2.05, 4.69) is 5.32 Å². The summed E-state index contributed by atoms with van der Waals surface area (Å²) in [7, 11) is -3.87. The van der Waals surface area contributed by atoms with Crippen molar-refractivity contribution in [2.24, 2.45) is 0 Å². The predicted molar refractivity (Wildman–Crippen MR) is 144 cm³/mol. The molecule has 202 valence electrons. The molecule has 9 nitrogen and oxygen atoms in total. The fraction of sp³-hybridized carbons (Fsp3) is 0.462. The first-order valence-corrected chi connectivity index (χ1v) is 14.5. The molecule has 1 N–H and O–H groups in total. The van der Waals surface area contributed by atoms with Crippen molar-refractivity contribution in [1.82, 2.24) is 10.2 Å². The molecular weight excluding hydrogens is 518 g/mol. The molecule has 2 atom stereocenters. The molecule has 1 heterocycles. The van der Waals surface area contributed by atoms with Gasteiger partial charge in [-0.3, -0.25) is 13.9 Å². The number of hydrogen-bond donors (Lipinski definition) is 1. The van der Waals surface area contributed by atoms with Crippen LogP contribution < -0.4 is 19.1 Å². The summed E-state index contributed by atoms with van der Waals surface area (Å²) in [5.74, 6) is 0.0638. The summed E-state index contributed by atoms with van der Waals surface area (Å²) in [6, 6.07) is 10.9. The van der Waals surface area contributed by atoms with Crippen molar-refractivity contribution in [3.05, 3.63) is 53.1 Å². The smallest absolute Gasteiger partial charge is 0.244 e. The molecule has 0 unspecified atom stereocenters. The summed E-state index contributed by atoms with van der Waals surface area (Å²) in [5, 5.41) is 3.39. The molecule has 0 bridgehead atoms. The zero-order valence-corrected chi connectivity index (χ0v) is 23.1. The third-order valence-corrected chi connectivity index (χ3v) is 7.69. The lowest BCUT2D eigenvalue weighted by Crippen LogP contribution is -2.53. The van der Waals surface area contributed by atoms with Crippen molar-refractivity contribution in [2.75, 3.05) is 30.3 Å². The maximum absolute atomic E-state index is 13.8. The van der Waals surface area contributed by atoms with Gasteiger partial charge in [-0.2, -0.15) is 0 Å². The summed E-state index contributed by atoms with van der Waals surface area (Å²) in [4.78, 5) is 28.4. The number of hydrogen-bond acceptors (Lipinski definition) is 6. The Labute approximate surface area is 223 Å². The van der Waals surface area contributed by atoms with Gasteiger partial charge < -0.3 is 19.7 Å². The van der Waals surface area contributed by atoms with Gasteiger partial charge in [0.05, 0.1) is 11.9 Å². The largest absolute Gasteiger partial charge is 0.486 e. The van der Waals surface area contributed by atoms with Gasteiger partial charge in [0.1, 0.15) is 25.8 Å². The Bertz CT molecular complexity index is 1220. The van der Waals surface area contributed by atoms with Crippen LogP contribution in [0.4, 0.5) is 5.69 Å². The molecule has 0 fully saturated rings. The van der Waals surface area contributed by atoms with E-state index in [0.29, 0.717) is 41.7 Å². The summed E-state index contributed by atoms with van der Waals surface area (Å²) < 4.78 is 37.8. The van der Waals surface area contributed by atoms with E-state index in [-0.39, 0.29) is 24.2 Å². The average molecular weight is 552 g/mol. The van der Waals surface area contributed by atoms with Crippen LogP contribution in [0.3, 0.4) is 0 Å². The number of carbonyl (C=O) groups is 2. The molecule has 1 aliphatic heterocycles. The lowest BCUT2D eigenvalue weighted by atomic mass is 10.1. The van der Waals surface area contributed by atoms with E-state index in [0.717, 1.165) is 17.0 Å². The van der Waals surface area contributed by atoms with Crippen molar-refractivity contribution in [2.45, 2.75) is 52.2 Å². The molecule has 2 amide bonds. The second kappa shape index (κ2) is 12.5. The van der Waals surface area contributed by atoms with Crippen molar-refractivity contribution in [3.8, 4) is 11.5 Å². The van der Waals surface area contributed by atoms with E-state index >= 15 is 0 Å². The molecule has 11 heteroatoms. The third kappa shape index (κ3) is 7.29. The minimum absolute atomic E-state index is 0.0453. The van der Waals surface area contributed by atoms with Crippen LogP contribution >= 0.6 is 11.6 Å². The first-order chi connectivity index (χ1) is 17.5. The van der Waals surface area contributed by atoms with E-state index in [9.17, 15) is 18.0 Å². The molecule has 0 radical (unpaired) electrons. The maximum atomic E-state index is 13.8. The lowest BCUT2D eigenvalue weighted by Gasteiger charge is -2.33. The number of anilines is 1. The molecule has 2 aromatic rings. The van der Waals surface area contributed by atoms with Crippen molar-refractivity contribution in [1.29, 1.82) is 0 Å². The standard InChI is InChI=1S/C26H34ClN3O6S/c1-5-18(3)28-26(32)22(6-2)29(16-19-9-7-8-10-21(19)27)25(31)17-30(37(4,33)34)20-11-12-23-24(15-20)36-14-13-35-23/h7-12,15,18,22H,5-6,13-14,16-17H2,1-4H3,(H,28,32)/t18-,22+/m1/s1. The number of nitrogens with zero attached hydrogens (tertiary/aromatic N) is 2. The third-order valence-electron chi connectivity index (χ3n) is 6.18. The highest BCUT2D eigenvalue weighted by atomic mass is 35.5. The fourth-order valence-electron chi connectivity index (χ4n) is 3.97. The highest BCUT2D eigenvalue weighted by molar-refractivity contribution is 7.92. The quantitative estimate of drug-likeness (QED) is 0.457. The van der Waals surface area contributed by atoms with E-state index in [1.807, 2.05) is 20.8 Å². The van der Waals surface area contributed by atoms with Crippen LogP contribution in [0.15, 0.2) is 42.5 Å². The van der Waals surface area contributed by atoms with Crippen molar-refractivity contribution >= 4 is 39.1 Å². The number of rotatable bonds is 11. The van der Waals surface area contributed by atoms with Gasteiger partial charge in [-0.15, -0.1) is 0 Å².